The Balaban J connectivity index is 1.96. The molecule has 0 spiro atoms. The van der Waals surface area contributed by atoms with Crippen LogP contribution in [0.5, 0.6) is 0 Å². The van der Waals surface area contributed by atoms with Crippen LogP contribution in [0.4, 0.5) is 5.95 Å². The Kier molecular flexibility index (Phi) is 3.19. The second-order valence-electron chi connectivity index (χ2n) is 5.53. The molecule has 0 aromatic carbocycles. The highest BCUT2D eigenvalue weighted by Crippen LogP contribution is 2.19. The average Bonchev–Trinajstić information content (AvgIpc) is 2.85. The summed E-state index contributed by atoms with van der Waals surface area (Å²) in [5.74, 6) is 1.73. The van der Waals surface area contributed by atoms with Crippen LogP contribution < -0.4 is 10.6 Å². The smallest absolute Gasteiger partial charge is 0.203 e. The lowest BCUT2D eigenvalue weighted by molar-refractivity contribution is 0.400. The standard InChI is InChI=1S/C12H22N4/c1-12(2,3)16-7-6-14-11(16)15-9-10-4-5-13-8-10/h6-7,10,13H,4-5,8-9H2,1-3H3,(H,14,15). The summed E-state index contributed by atoms with van der Waals surface area (Å²) in [4.78, 5) is 4.38. The van der Waals surface area contributed by atoms with Gasteiger partial charge in [0.15, 0.2) is 0 Å². The molecule has 2 N–H and O–H groups in total. The number of imidazole rings is 1. The van der Waals surface area contributed by atoms with E-state index in [1.54, 1.807) is 0 Å². The number of nitrogens with one attached hydrogen (secondary N) is 2. The highest BCUT2D eigenvalue weighted by atomic mass is 15.2. The van der Waals surface area contributed by atoms with Crippen molar-refractivity contribution in [2.45, 2.75) is 32.7 Å². The molecule has 1 aliphatic heterocycles. The molecule has 90 valence electrons. The molecule has 1 saturated heterocycles. The topological polar surface area (TPSA) is 41.9 Å². The number of hydrogen-bond acceptors (Lipinski definition) is 3. The van der Waals surface area contributed by atoms with E-state index in [9.17, 15) is 0 Å². The Morgan fingerprint density at radius 2 is 2.38 bits per heavy atom. The van der Waals surface area contributed by atoms with E-state index in [1.807, 2.05) is 12.4 Å². The van der Waals surface area contributed by atoms with Crippen molar-refractivity contribution >= 4 is 5.95 Å². The summed E-state index contributed by atoms with van der Waals surface area (Å²) in [5, 5.41) is 6.83. The Labute approximate surface area is 97.4 Å². The molecule has 0 bridgehead atoms. The fourth-order valence-corrected chi connectivity index (χ4v) is 2.10. The van der Waals surface area contributed by atoms with Crippen molar-refractivity contribution < 1.29 is 0 Å². The third-order valence-corrected chi connectivity index (χ3v) is 3.07. The molecule has 1 unspecified atom stereocenters. The van der Waals surface area contributed by atoms with E-state index in [2.05, 4.69) is 41.0 Å². The molecule has 1 aliphatic rings. The van der Waals surface area contributed by atoms with Gasteiger partial charge in [0, 0.05) is 24.5 Å². The molecule has 2 rings (SSSR count). The molecule has 0 radical (unpaired) electrons. The maximum atomic E-state index is 4.38. The maximum absolute atomic E-state index is 4.38. The van der Waals surface area contributed by atoms with Gasteiger partial charge in [-0.1, -0.05) is 0 Å². The van der Waals surface area contributed by atoms with E-state index in [0.29, 0.717) is 0 Å². The lowest BCUT2D eigenvalue weighted by Gasteiger charge is -2.24. The van der Waals surface area contributed by atoms with Crippen LogP contribution in [-0.2, 0) is 5.54 Å². The summed E-state index contributed by atoms with van der Waals surface area (Å²) in [7, 11) is 0. The minimum Gasteiger partial charge on any atom is -0.355 e. The van der Waals surface area contributed by atoms with E-state index < -0.39 is 0 Å². The minimum atomic E-state index is 0.0900. The van der Waals surface area contributed by atoms with Crippen molar-refractivity contribution in [3.63, 3.8) is 0 Å². The highest BCUT2D eigenvalue weighted by Gasteiger charge is 2.18. The fraction of sp³-hybridized carbons (Fsp3) is 0.750. The van der Waals surface area contributed by atoms with Crippen molar-refractivity contribution in [1.29, 1.82) is 0 Å². The van der Waals surface area contributed by atoms with Crippen molar-refractivity contribution in [3.8, 4) is 0 Å². The van der Waals surface area contributed by atoms with Crippen LogP contribution >= 0.6 is 0 Å². The van der Waals surface area contributed by atoms with Gasteiger partial charge in [0.25, 0.3) is 0 Å². The van der Waals surface area contributed by atoms with Crippen LogP contribution in [-0.4, -0.2) is 29.2 Å². The lowest BCUT2D eigenvalue weighted by atomic mass is 10.1. The summed E-state index contributed by atoms with van der Waals surface area (Å²) < 4.78 is 2.19. The average molecular weight is 222 g/mol. The molecule has 16 heavy (non-hydrogen) atoms. The first kappa shape index (κ1) is 11.5. The molecule has 0 amide bonds. The fourth-order valence-electron chi connectivity index (χ4n) is 2.10. The van der Waals surface area contributed by atoms with Gasteiger partial charge in [-0.2, -0.15) is 0 Å². The zero-order valence-electron chi connectivity index (χ0n) is 10.5. The minimum absolute atomic E-state index is 0.0900. The second-order valence-corrected chi connectivity index (χ2v) is 5.53. The van der Waals surface area contributed by atoms with Crippen LogP contribution in [0.1, 0.15) is 27.2 Å². The summed E-state index contributed by atoms with van der Waals surface area (Å²) >= 11 is 0. The zero-order chi connectivity index (χ0) is 11.6. The SMILES string of the molecule is CC(C)(C)n1ccnc1NCC1CCNC1. The predicted molar refractivity (Wildman–Crippen MR) is 66.7 cm³/mol. The molecular weight excluding hydrogens is 200 g/mol. The largest absolute Gasteiger partial charge is 0.355 e. The van der Waals surface area contributed by atoms with Gasteiger partial charge >= 0.3 is 0 Å². The molecule has 1 fully saturated rings. The number of rotatable bonds is 3. The second kappa shape index (κ2) is 4.45. The van der Waals surface area contributed by atoms with E-state index in [-0.39, 0.29) is 5.54 Å². The monoisotopic (exact) mass is 222 g/mol. The lowest BCUT2D eigenvalue weighted by Crippen LogP contribution is -2.25. The van der Waals surface area contributed by atoms with Gasteiger partial charge in [-0.3, -0.25) is 0 Å². The molecular formula is C12H22N4. The molecule has 4 nitrogen and oxygen atoms in total. The molecule has 2 heterocycles. The molecule has 0 aliphatic carbocycles. The van der Waals surface area contributed by atoms with Crippen LogP contribution in [0.15, 0.2) is 12.4 Å². The van der Waals surface area contributed by atoms with Gasteiger partial charge in [-0.25, -0.2) is 4.98 Å². The van der Waals surface area contributed by atoms with Gasteiger partial charge in [0.2, 0.25) is 5.95 Å². The van der Waals surface area contributed by atoms with E-state index in [1.165, 1.54) is 6.42 Å². The normalized spacial score (nSPS) is 21.3. The van der Waals surface area contributed by atoms with E-state index in [0.717, 1.165) is 31.5 Å². The molecule has 1 atom stereocenters. The first-order chi connectivity index (χ1) is 7.57. The Bertz CT molecular complexity index is 331. The first-order valence-electron chi connectivity index (χ1n) is 6.06. The maximum Gasteiger partial charge on any atom is 0.203 e. The number of hydrogen-bond donors (Lipinski definition) is 2. The molecule has 1 aromatic heterocycles. The highest BCUT2D eigenvalue weighted by molar-refractivity contribution is 5.27. The summed E-state index contributed by atoms with van der Waals surface area (Å²) in [5.41, 5.74) is 0.0900. The molecule has 1 aromatic rings. The summed E-state index contributed by atoms with van der Waals surface area (Å²) in [6.07, 6.45) is 5.17. The van der Waals surface area contributed by atoms with Crippen molar-refractivity contribution in [3.05, 3.63) is 12.4 Å². The van der Waals surface area contributed by atoms with Crippen LogP contribution in [0.25, 0.3) is 0 Å². The van der Waals surface area contributed by atoms with E-state index >= 15 is 0 Å². The molecule has 0 saturated carbocycles. The number of nitrogens with zero attached hydrogens (tertiary/aromatic N) is 2. The number of aromatic nitrogens is 2. The van der Waals surface area contributed by atoms with Gasteiger partial charge in [-0.05, 0) is 46.2 Å². The van der Waals surface area contributed by atoms with Crippen LogP contribution in [0, 0.1) is 5.92 Å². The Hall–Kier alpha value is -1.03. The summed E-state index contributed by atoms with van der Waals surface area (Å²) in [6, 6.07) is 0. The third-order valence-electron chi connectivity index (χ3n) is 3.07. The van der Waals surface area contributed by atoms with Crippen LogP contribution in [0.2, 0.25) is 0 Å². The molecule has 4 heteroatoms. The van der Waals surface area contributed by atoms with Crippen molar-refractivity contribution in [1.82, 2.24) is 14.9 Å². The Morgan fingerprint density at radius 1 is 1.56 bits per heavy atom. The predicted octanol–water partition coefficient (Wildman–Crippen LogP) is 1.66. The first-order valence-corrected chi connectivity index (χ1v) is 6.06. The quantitative estimate of drug-likeness (QED) is 0.817. The zero-order valence-corrected chi connectivity index (χ0v) is 10.5. The van der Waals surface area contributed by atoms with Crippen molar-refractivity contribution in [2.75, 3.05) is 25.0 Å². The van der Waals surface area contributed by atoms with E-state index in [4.69, 9.17) is 0 Å². The van der Waals surface area contributed by atoms with Gasteiger partial charge in [0.1, 0.15) is 0 Å². The third kappa shape index (κ3) is 2.55. The van der Waals surface area contributed by atoms with Gasteiger partial charge in [-0.15, -0.1) is 0 Å². The summed E-state index contributed by atoms with van der Waals surface area (Å²) in [6.45, 7) is 9.87. The van der Waals surface area contributed by atoms with Gasteiger partial charge < -0.3 is 15.2 Å². The van der Waals surface area contributed by atoms with Crippen molar-refractivity contribution in [2.24, 2.45) is 5.92 Å². The Morgan fingerprint density at radius 3 is 3.00 bits per heavy atom. The van der Waals surface area contributed by atoms with Crippen LogP contribution in [0.3, 0.4) is 0 Å². The van der Waals surface area contributed by atoms with Gasteiger partial charge in [0.05, 0.1) is 0 Å². The number of anilines is 1.